The van der Waals surface area contributed by atoms with E-state index in [1.165, 1.54) is 18.3 Å². The summed E-state index contributed by atoms with van der Waals surface area (Å²) in [6.07, 6.45) is 1.48. The van der Waals surface area contributed by atoms with E-state index in [1.807, 2.05) is 0 Å². The van der Waals surface area contributed by atoms with Crippen LogP contribution in [0.25, 0.3) is 10.9 Å². The Balaban J connectivity index is 2.59. The fourth-order valence-electron chi connectivity index (χ4n) is 1.96. The normalized spacial score (nSPS) is 12.5. The monoisotopic (exact) mass is 264 g/mol. The topological polar surface area (TPSA) is 148 Å². The van der Waals surface area contributed by atoms with Gasteiger partial charge in [0.1, 0.15) is 6.04 Å². The fourth-order valence-corrected chi connectivity index (χ4v) is 1.96. The fraction of sp³-hybridized carbons (Fsp3) is 0.182. The van der Waals surface area contributed by atoms with Gasteiger partial charge < -0.3 is 21.6 Å². The summed E-state index contributed by atoms with van der Waals surface area (Å²) in [7, 11) is 0. The van der Waals surface area contributed by atoms with E-state index in [1.54, 1.807) is 0 Å². The number of benzene rings is 1. The van der Waals surface area contributed by atoms with E-state index in [-0.39, 0.29) is 12.1 Å². The smallest absolute Gasteiger partial charge is 0.320 e. The van der Waals surface area contributed by atoms with Gasteiger partial charge in [-0.3, -0.25) is 14.9 Å². The average Bonchev–Trinajstić information content (AvgIpc) is 2.74. The minimum absolute atomic E-state index is 0.0143. The van der Waals surface area contributed by atoms with Crippen LogP contribution in [0.5, 0.6) is 0 Å². The van der Waals surface area contributed by atoms with Crippen LogP contribution in [0.3, 0.4) is 0 Å². The number of carboxylic acid groups (broad SMARTS) is 1. The largest absolute Gasteiger partial charge is 0.480 e. The number of nitrogen functional groups attached to an aromatic ring is 1. The van der Waals surface area contributed by atoms with Crippen molar-refractivity contribution in [3.8, 4) is 0 Å². The molecule has 19 heavy (non-hydrogen) atoms. The number of H-pyrrole nitrogens is 1. The molecule has 0 fully saturated rings. The summed E-state index contributed by atoms with van der Waals surface area (Å²) in [6.45, 7) is 0. The number of fused-ring (bicyclic) bond motifs is 1. The molecule has 0 spiro atoms. The Labute approximate surface area is 107 Å². The maximum atomic E-state index is 11.0. The van der Waals surface area contributed by atoms with E-state index in [9.17, 15) is 14.9 Å². The minimum atomic E-state index is -1.17. The average molecular weight is 264 g/mol. The Morgan fingerprint density at radius 1 is 1.53 bits per heavy atom. The van der Waals surface area contributed by atoms with E-state index in [2.05, 4.69) is 4.98 Å². The van der Waals surface area contributed by atoms with Gasteiger partial charge in [0.05, 0.1) is 21.5 Å². The molecule has 1 heterocycles. The molecule has 100 valence electrons. The maximum absolute atomic E-state index is 11.0. The van der Waals surface area contributed by atoms with Crippen LogP contribution in [0.15, 0.2) is 18.3 Å². The van der Waals surface area contributed by atoms with Crippen LogP contribution >= 0.6 is 0 Å². The number of aliphatic carboxylic acids is 1. The van der Waals surface area contributed by atoms with E-state index in [0.717, 1.165) is 0 Å². The number of nitrogens with two attached hydrogens (primary N) is 2. The highest BCUT2D eigenvalue weighted by atomic mass is 16.6. The molecule has 1 unspecified atom stereocenters. The van der Waals surface area contributed by atoms with Crippen LogP contribution in [0.1, 0.15) is 5.56 Å². The molecule has 0 aliphatic rings. The molecule has 1 aromatic carbocycles. The lowest BCUT2D eigenvalue weighted by Crippen LogP contribution is -2.32. The van der Waals surface area contributed by atoms with Crippen molar-refractivity contribution in [2.24, 2.45) is 5.73 Å². The molecule has 0 saturated carbocycles. The predicted molar refractivity (Wildman–Crippen MR) is 68.7 cm³/mol. The van der Waals surface area contributed by atoms with Gasteiger partial charge in [-0.1, -0.05) is 0 Å². The molecule has 1 aromatic heterocycles. The summed E-state index contributed by atoms with van der Waals surface area (Å²) >= 11 is 0. The van der Waals surface area contributed by atoms with Crippen molar-refractivity contribution < 1.29 is 14.8 Å². The van der Waals surface area contributed by atoms with Crippen LogP contribution in [0.4, 0.5) is 11.4 Å². The zero-order chi connectivity index (χ0) is 14.2. The number of nitrogens with one attached hydrogen (secondary N) is 1. The van der Waals surface area contributed by atoms with Gasteiger partial charge in [-0.25, -0.2) is 0 Å². The van der Waals surface area contributed by atoms with Gasteiger partial charge in [0, 0.05) is 18.7 Å². The number of hydrogen-bond donors (Lipinski definition) is 4. The third kappa shape index (κ3) is 2.20. The molecule has 2 rings (SSSR count). The Morgan fingerprint density at radius 2 is 2.21 bits per heavy atom. The quantitative estimate of drug-likeness (QED) is 0.361. The highest BCUT2D eigenvalue weighted by Crippen LogP contribution is 2.32. The third-order valence-corrected chi connectivity index (χ3v) is 2.88. The number of nitro benzene ring substituents is 1. The van der Waals surface area contributed by atoms with Crippen LogP contribution in [0.2, 0.25) is 0 Å². The summed E-state index contributed by atoms with van der Waals surface area (Å²) in [5.74, 6) is -1.17. The van der Waals surface area contributed by atoms with Gasteiger partial charge in [-0.15, -0.1) is 0 Å². The van der Waals surface area contributed by atoms with Crippen molar-refractivity contribution in [1.29, 1.82) is 0 Å². The molecule has 6 N–H and O–H groups in total. The number of nitro groups is 1. The van der Waals surface area contributed by atoms with Gasteiger partial charge in [-0.2, -0.15) is 0 Å². The predicted octanol–water partition coefficient (Wildman–Crippen LogP) is 0.613. The summed E-state index contributed by atoms with van der Waals surface area (Å²) < 4.78 is 0. The second kappa shape index (κ2) is 4.58. The van der Waals surface area contributed by atoms with Crippen molar-refractivity contribution in [2.75, 3.05) is 5.73 Å². The van der Waals surface area contributed by atoms with Crippen LogP contribution < -0.4 is 11.5 Å². The molecule has 2 aromatic rings. The highest BCUT2D eigenvalue weighted by Gasteiger charge is 2.21. The molecule has 8 heteroatoms. The Kier molecular flexibility index (Phi) is 3.09. The van der Waals surface area contributed by atoms with E-state index in [0.29, 0.717) is 22.2 Å². The van der Waals surface area contributed by atoms with Gasteiger partial charge in [0.15, 0.2) is 0 Å². The van der Waals surface area contributed by atoms with Gasteiger partial charge in [0.2, 0.25) is 0 Å². The van der Waals surface area contributed by atoms with Gasteiger partial charge >= 0.3 is 5.97 Å². The number of anilines is 1. The summed E-state index contributed by atoms with van der Waals surface area (Å²) in [5, 5.41) is 20.1. The summed E-state index contributed by atoms with van der Waals surface area (Å²) in [4.78, 5) is 24.0. The van der Waals surface area contributed by atoms with Crippen molar-refractivity contribution in [1.82, 2.24) is 4.98 Å². The summed E-state index contributed by atoms with van der Waals surface area (Å²) in [5.41, 5.74) is 12.3. The van der Waals surface area contributed by atoms with Crippen molar-refractivity contribution in [3.05, 3.63) is 34.0 Å². The molecule has 8 nitrogen and oxygen atoms in total. The first-order valence-corrected chi connectivity index (χ1v) is 5.43. The molecule has 0 bridgehead atoms. The van der Waals surface area contributed by atoms with Crippen LogP contribution in [0, 0.1) is 10.1 Å². The molecule has 0 radical (unpaired) electrons. The number of carboxylic acids is 1. The first-order chi connectivity index (χ1) is 8.91. The first kappa shape index (κ1) is 12.8. The Morgan fingerprint density at radius 3 is 2.79 bits per heavy atom. The number of hydrogen-bond acceptors (Lipinski definition) is 5. The standard InChI is InChI=1S/C11H12N4O4/c12-6-1-2-8(15(18)19)9-5(4-14-10(6)9)3-7(13)11(16)17/h1-2,4,7,14H,3,12-13H2,(H,16,17). The number of rotatable bonds is 4. The molecular formula is C11H12N4O4. The Hall–Kier alpha value is -2.61. The van der Waals surface area contributed by atoms with Gasteiger partial charge in [0.25, 0.3) is 5.69 Å². The van der Waals surface area contributed by atoms with Crippen LogP contribution in [-0.4, -0.2) is 27.0 Å². The molecule has 0 aliphatic heterocycles. The van der Waals surface area contributed by atoms with E-state index < -0.39 is 16.9 Å². The minimum Gasteiger partial charge on any atom is -0.480 e. The zero-order valence-corrected chi connectivity index (χ0v) is 9.79. The van der Waals surface area contributed by atoms with Gasteiger partial charge in [-0.05, 0) is 11.6 Å². The number of aromatic nitrogens is 1. The lowest BCUT2D eigenvalue weighted by Gasteiger charge is -2.05. The zero-order valence-electron chi connectivity index (χ0n) is 9.79. The highest BCUT2D eigenvalue weighted by molar-refractivity contribution is 5.99. The lowest BCUT2D eigenvalue weighted by atomic mass is 10.0. The molecule has 0 amide bonds. The second-order valence-electron chi connectivity index (χ2n) is 4.14. The number of nitrogens with zero attached hydrogens (tertiary/aromatic N) is 1. The maximum Gasteiger partial charge on any atom is 0.320 e. The lowest BCUT2D eigenvalue weighted by molar-refractivity contribution is -0.383. The number of carbonyl (C=O) groups is 1. The van der Waals surface area contributed by atoms with Crippen LogP contribution in [-0.2, 0) is 11.2 Å². The molecule has 0 aliphatic carbocycles. The molecule has 0 saturated heterocycles. The first-order valence-electron chi connectivity index (χ1n) is 5.43. The van der Waals surface area contributed by atoms with E-state index >= 15 is 0 Å². The van der Waals surface area contributed by atoms with Crippen molar-refractivity contribution in [3.63, 3.8) is 0 Å². The molecular weight excluding hydrogens is 252 g/mol. The van der Waals surface area contributed by atoms with Crippen molar-refractivity contribution >= 4 is 28.2 Å². The third-order valence-electron chi connectivity index (χ3n) is 2.88. The number of aromatic amines is 1. The van der Waals surface area contributed by atoms with E-state index in [4.69, 9.17) is 16.6 Å². The second-order valence-corrected chi connectivity index (χ2v) is 4.14. The molecule has 1 atom stereocenters. The Bertz CT molecular complexity index is 664. The number of non-ortho nitro benzene ring substituents is 1. The summed E-state index contributed by atoms with van der Waals surface area (Å²) in [6, 6.07) is 1.60. The van der Waals surface area contributed by atoms with Crippen molar-refractivity contribution in [2.45, 2.75) is 12.5 Å². The SMILES string of the molecule is Nc1ccc([N+](=O)[O-])c2c(CC(N)C(=O)O)c[nH]c12.